The van der Waals surface area contributed by atoms with E-state index in [2.05, 4.69) is 90.4 Å². The second-order valence-electron chi connectivity index (χ2n) is 5.92. The molecule has 0 aliphatic heterocycles. The number of hydrogen-bond acceptors (Lipinski definition) is 0. The van der Waals surface area contributed by atoms with Gasteiger partial charge < -0.3 is 0 Å². The molecule has 2 rings (SSSR count). The lowest BCUT2D eigenvalue weighted by molar-refractivity contribution is 1.02. The molecule has 0 aliphatic carbocycles. The minimum Gasteiger partial charge on any atom is -0.131 e. The van der Waals surface area contributed by atoms with E-state index in [1.807, 2.05) is 0 Å². The van der Waals surface area contributed by atoms with Gasteiger partial charge in [0.05, 0.1) is 0 Å². The minimum absolute atomic E-state index is 0.282. The normalized spacial score (nSPS) is 12.9. The van der Waals surface area contributed by atoms with E-state index in [1.54, 1.807) is 0 Å². The molecule has 0 saturated heterocycles. The lowest BCUT2D eigenvalue weighted by atomic mass is 9.95. The number of fused-ring (bicyclic) bond motifs is 1. The molecule has 0 unspecified atom stereocenters. The average molecular weight is 331 g/mol. The van der Waals surface area contributed by atoms with Gasteiger partial charge in [-0.15, -0.1) is 11.5 Å². The summed E-state index contributed by atoms with van der Waals surface area (Å²) in [6, 6.07) is 12.8. The highest BCUT2D eigenvalue weighted by Crippen LogP contribution is 2.30. The molecular weight excluding hydrogens is 312 g/mol. The summed E-state index contributed by atoms with van der Waals surface area (Å²) >= 11 is 3.62. The third-order valence-corrected chi connectivity index (χ3v) is 4.62. The average Bonchev–Trinajstić information content (AvgIpc) is 2.36. The van der Waals surface area contributed by atoms with Gasteiger partial charge in [-0.3, -0.25) is 0 Å². The molecule has 0 aliphatic rings. The van der Waals surface area contributed by atoms with E-state index in [0.717, 1.165) is 4.47 Å². The van der Waals surface area contributed by atoms with E-state index in [9.17, 15) is 0 Å². The summed E-state index contributed by atoms with van der Waals surface area (Å²) in [6.07, 6.45) is 0. The van der Waals surface area contributed by atoms with Crippen molar-refractivity contribution in [2.75, 3.05) is 0 Å². The smallest absolute Gasteiger partial charge is 0.129 e. The Balaban J connectivity index is 2.51. The van der Waals surface area contributed by atoms with Gasteiger partial charge in [-0.25, -0.2) is 0 Å². The molecule has 0 spiro atoms. The summed E-state index contributed by atoms with van der Waals surface area (Å²) in [7, 11) is -1.30. The molecular formula is C17H19BrSi. The van der Waals surface area contributed by atoms with E-state index < -0.39 is 8.07 Å². The molecule has 1 atom stereocenters. The lowest BCUT2D eigenvalue weighted by Crippen LogP contribution is -2.16. The largest absolute Gasteiger partial charge is 0.131 e. The van der Waals surface area contributed by atoms with Crippen LogP contribution in [0.15, 0.2) is 40.9 Å². The number of halogens is 1. The third kappa shape index (κ3) is 3.49. The van der Waals surface area contributed by atoms with Crippen molar-refractivity contribution in [1.29, 1.82) is 0 Å². The topological polar surface area (TPSA) is 0 Å². The van der Waals surface area contributed by atoms with Gasteiger partial charge in [0.25, 0.3) is 0 Å². The molecule has 0 saturated carbocycles. The van der Waals surface area contributed by atoms with E-state index in [0.29, 0.717) is 0 Å². The Morgan fingerprint density at radius 1 is 1.00 bits per heavy atom. The van der Waals surface area contributed by atoms with Gasteiger partial charge in [0.15, 0.2) is 0 Å². The van der Waals surface area contributed by atoms with Crippen LogP contribution >= 0.6 is 15.9 Å². The van der Waals surface area contributed by atoms with E-state index in [1.165, 1.54) is 16.3 Å². The first-order chi connectivity index (χ1) is 8.88. The Kier molecular flexibility index (Phi) is 4.18. The van der Waals surface area contributed by atoms with Crippen LogP contribution in [-0.4, -0.2) is 8.07 Å². The highest BCUT2D eigenvalue weighted by atomic mass is 79.9. The first kappa shape index (κ1) is 14.4. The van der Waals surface area contributed by atoms with E-state index >= 15 is 0 Å². The molecule has 2 aromatic rings. The Morgan fingerprint density at radius 2 is 1.63 bits per heavy atom. The maximum atomic E-state index is 3.62. The zero-order valence-electron chi connectivity index (χ0n) is 11.9. The van der Waals surface area contributed by atoms with Crippen molar-refractivity contribution in [1.82, 2.24) is 0 Å². The van der Waals surface area contributed by atoms with Crippen molar-refractivity contribution in [3.05, 3.63) is 46.4 Å². The van der Waals surface area contributed by atoms with Crippen LogP contribution in [0.5, 0.6) is 0 Å². The maximum absolute atomic E-state index is 3.62. The Morgan fingerprint density at radius 3 is 2.26 bits per heavy atom. The van der Waals surface area contributed by atoms with Crippen LogP contribution in [0.4, 0.5) is 0 Å². The first-order valence-electron chi connectivity index (χ1n) is 6.58. The number of rotatable bonds is 1. The highest BCUT2D eigenvalue weighted by molar-refractivity contribution is 9.10. The van der Waals surface area contributed by atoms with E-state index in [4.69, 9.17) is 0 Å². The summed E-state index contributed by atoms with van der Waals surface area (Å²) in [5, 5.41) is 2.57. The Labute approximate surface area is 125 Å². The highest BCUT2D eigenvalue weighted by Gasteiger charge is 2.11. The monoisotopic (exact) mass is 330 g/mol. The molecule has 0 fully saturated rings. The molecule has 98 valence electrons. The molecule has 0 bridgehead atoms. The van der Waals surface area contributed by atoms with Crippen molar-refractivity contribution in [3.8, 4) is 11.5 Å². The predicted octanol–water partition coefficient (Wildman–Crippen LogP) is 5.59. The molecule has 0 amide bonds. The van der Waals surface area contributed by atoms with Gasteiger partial charge in [0.1, 0.15) is 8.07 Å². The summed E-state index contributed by atoms with van der Waals surface area (Å²) in [4.78, 5) is 0. The fourth-order valence-corrected chi connectivity index (χ4v) is 3.19. The fourth-order valence-electron chi connectivity index (χ4n) is 2.07. The van der Waals surface area contributed by atoms with Crippen LogP contribution in [0.1, 0.15) is 18.4 Å². The van der Waals surface area contributed by atoms with Crippen LogP contribution < -0.4 is 0 Å². The molecule has 0 nitrogen and oxygen atoms in total. The van der Waals surface area contributed by atoms with Crippen LogP contribution in [0, 0.1) is 11.5 Å². The zero-order chi connectivity index (χ0) is 14.0. The molecule has 2 aromatic carbocycles. The molecule has 19 heavy (non-hydrogen) atoms. The Bertz CT molecular complexity index is 656. The summed E-state index contributed by atoms with van der Waals surface area (Å²) < 4.78 is 1.15. The number of hydrogen-bond donors (Lipinski definition) is 0. The van der Waals surface area contributed by atoms with Crippen LogP contribution in [0.2, 0.25) is 19.6 Å². The van der Waals surface area contributed by atoms with Gasteiger partial charge in [0, 0.05) is 10.4 Å². The van der Waals surface area contributed by atoms with Crippen molar-refractivity contribution in [3.63, 3.8) is 0 Å². The summed E-state index contributed by atoms with van der Waals surface area (Å²) in [5.74, 6) is 3.73. The SMILES string of the molecule is C[C@@H](C#C[Si](C)(C)C)c1ccc(Br)c2ccccc12. The summed E-state index contributed by atoms with van der Waals surface area (Å²) in [6.45, 7) is 9.05. The maximum Gasteiger partial charge on any atom is 0.129 e. The van der Waals surface area contributed by atoms with Crippen molar-refractivity contribution >= 4 is 34.8 Å². The molecule has 0 N–H and O–H groups in total. The van der Waals surface area contributed by atoms with Gasteiger partial charge in [-0.05, 0) is 29.3 Å². The molecule has 2 heteroatoms. The van der Waals surface area contributed by atoms with Crippen LogP contribution in [-0.2, 0) is 0 Å². The van der Waals surface area contributed by atoms with Crippen molar-refractivity contribution in [2.45, 2.75) is 32.5 Å². The van der Waals surface area contributed by atoms with Crippen LogP contribution in [0.3, 0.4) is 0 Å². The molecule has 0 heterocycles. The standard InChI is InChI=1S/C17H19BrSi/c1-13(11-12-19(2,3)4)14-9-10-17(18)16-8-6-5-7-15(14)16/h5-10,13H,1-4H3/t13-/m0/s1. The fraction of sp³-hybridized carbons (Fsp3) is 0.294. The van der Waals surface area contributed by atoms with Gasteiger partial charge >= 0.3 is 0 Å². The van der Waals surface area contributed by atoms with Crippen molar-refractivity contribution < 1.29 is 0 Å². The van der Waals surface area contributed by atoms with Crippen molar-refractivity contribution in [2.24, 2.45) is 0 Å². The Hall–Kier alpha value is -1.04. The quantitative estimate of drug-likeness (QED) is 0.472. The second-order valence-corrected chi connectivity index (χ2v) is 11.5. The summed E-state index contributed by atoms with van der Waals surface area (Å²) in [5.41, 5.74) is 4.80. The predicted molar refractivity (Wildman–Crippen MR) is 91.2 cm³/mol. The van der Waals surface area contributed by atoms with Gasteiger partial charge in [0.2, 0.25) is 0 Å². The van der Waals surface area contributed by atoms with Crippen LogP contribution in [0.25, 0.3) is 10.8 Å². The molecule has 0 radical (unpaired) electrons. The third-order valence-electron chi connectivity index (χ3n) is 3.03. The minimum atomic E-state index is -1.30. The van der Waals surface area contributed by atoms with E-state index in [-0.39, 0.29) is 5.92 Å². The van der Waals surface area contributed by atoms with Gasteiger partial charge in [-0.2, -0.15) is 0 Å². The lowest BCUT2D eigenvalue weighted by Gasteiger charge is -2.12. The number of benzene rings is 2. The second kappa shape index (κ2) is 5.52. The first-order valence-corrected chi connectivity index (χ1v) is 10.9. The zero-order valence-corrected chi connectivity index (χ0v) is 14.5. The van der Waals surface area contributed by atoms with Gasteiger partial charge in [-0.1, -0.05) is 65.9 Å². The molecule has 0 aromatic heterocycles.